The van der Waals surface area contributed by atoms with Gasteiger partial charge in [-0.15, -0.1) is 0 Å². The Bertz CT molecular complexity index is 1020. The normalized spacial score (nSPS) is 14.1. The van der Waals surface area contributed by atoms with Crippen LogP contribution in [0, 0.1) is 13.8 Å². The van der Waals surface area contributed by atoms with E-state index in [1.807, 2.05) is 0 Å². The van der Waals surface area contributed by atoms with Crippen molar-refractivity contribution in [3.05, 3.63) is 41.2 Å². The number of aryl methyl sites for hydroxylation is 1. The second-order valence-electron chi connectivity index (χ2n) is 5.36. The van der Waals surface area contributed by atoms with Crippen molar-refractivity contribution in [1.29, 1.82) is 0 Å². The van der Waals surface area contributed by atoms with Crippen molar-refractivity contribution in [2.45, 2.75) is 24.8 Å². The number of pyridine rings is 1. The summed E-state index contributed by atoms with van der Waals surface area (Å²) in [6, 6.07) is 5.34. The van der Waals surface area contributed by atoms with E-state index < -0.39 is 17.8 Å². The third kappa shape index (κ3) is 4.06. The van der Waals surface area contributed by atoms with Crippen LogP contribution in [0.1, 0.15) is 20.9 Å². The number of imidazole rings is 1. The van der Waals surface area contributed by atoms with Crippen molar-refractivity contribution < 1.29 is 17.8 Å². The zero-order valence-corrected chi connectivity index (χ0v) is 17.4. The summed E-state index contributed by atoms with van der Waals surface area (Å²) in [6.07, 6.45) is 1.52. The fourth-order valence-corrected chi connectivity index (χ4v) is 3.55. The third-order valence-corrected chi connectivity index (χ3v) is 4.96. The van der Waals surface area contributed by atoms with Crippen LogP contribution in [0.4, 0.5) is 0 Å². The van der Waals surface area contributed by atoms with Gasteiger partial charge < -0.3 is 14.5 Å². The first-order valence-electron chi connectivity index (χ1n) is 8.74. The van der Waals surface area contributed by atoms with Crippen LogP contribution in [0.25, 0.3) is 11.0 Å². The summed E-state index contributed by atoms with van der Waals surface area (Å²) in [5, 5.41) is 0.318. The first-order valence-corrected chi connectivity index (χ1v) is 8.56. The maximum atomic E-state index is 12.8. The fraction of sp³-hybridized carbons (Fsp3) is 0.294. The monoisotopic (exact) mass is 371 g/mol. The molecule has 3 rings (SSSR count). The zero-order chi connectivity index (χ0) is 19.8. The fourth-order valence-electron chi connectivity index (χ4n) is 2.45. The summed E-state index contributed by atoms with van der Waals surface area (Å²) in [5.41, 5.74) is 3.05. The number of fused-ring (bicyclic) bond motifs is 1. The van der Waals surface area contributed by atoms with E-state index in [0.29, 0.717) is 33.2 Å². The molecule has 2 heterocycles. The van der Waals surface area contributed by atoms with E-state index in [1.54, 1.807) is 39.2 Å². The van der Waals surface area contributed by atoms with E-state index in [2.05, 4.69) is 15.0 Å². The van der Waals surface area contributed by atoms with Gasteiger partial charge in [0.1, 0.15) is 11.5 Å². The molecule has 0 saturated carbocycles. The van der Waals surface area contributed by atoms with Crippen molar-refractivity contribution >= 4 is 51.4 Å². The number of aromatic nitrogens is 3. The van der Waals surface area contributed by atoms with Gasteiger partial charge in [-0.05, 0) is 26.0 Å². The molecule has 0 bridgehead atoms. The minimum atomic E-state index is -2.56. The molecular formula is C17H19N3NaO3S. The predicted molar refractivity (Wildman–Crippen MR) is 98.8 cm³/mol. The Morgan fingerprint density at radius 1 is 1.32 bits per heavy atom. The molecule has 8 heteroatoms. The summed E-state index contributed by atoms with van der Waals surface area (Å²) < 4.78 is 45.0. The summed E-state index contributed by atoms with van der Waals surface area (Å²) >= 11 is 0. The molecule has 1 radical (unpaired) electrons. The summed E-state index contributed by atoms with van der Waals surface area (Å²) in [4.78, 5) is 11.7. The van der Waals surface area contributed by atoms with Gasteiger partial charge in [-0.1, -0.05) is 0 Å². The van der Waals surface area contributed by atoms with Crippen LogP contribution >= 0.6 is 0 Å². The molecule has 6 nitrogen and oxygen atoms in total. The number of hydrogen-bond donors (Lipinski definition) is 1. The Balaban J connectivity index is 0.00000280. The maximum absolute atomic E-state index is 12.8. The predicted octanol–water partition coefficient (Wildman–Crippen LogP) is 2.52. The minimum Gasteiger partial charge on any atom is -0.497 e. The second-order valence-corrected chi connectivity index (χ2v) is 6.73. The van der Waals surface area contributed by atoms with Crippen LogP contribution in [-0.2, 0) is 16.6 Å². The maximum Gasteiger partial charge on any atom is 0.197 e. The molecule has 1 N–H and O–H groups in total. The van der Waals surface area contributed by atoms with Crippen LogP contribution in [0.3, 0.4) is 0 Å². The Labute approximate surface area is 175 Å². The average Bonchev–Trinajstić information content (AvgIpc) is 3.03. The first kappa shape index (κ1) is 15.8. The van der Waals surface area contributed by atoms with Gasteiger partial charge in [-0.25, -0.2) is 4.98 Å². The molecule has 2 aromatic heterocycles. The van der Waals surface area contributed by atoms with Crippen molar-refractivity contribution in [3.63, 3.8) is 0 Å². The van der Waals surface area contributed by atoms with E-state index in [0.717, 1.165) is 5.52 Å². The van der Waals surface area contributed by atoms with E-state index in [9.17, 15) is 4.21 Å². The number of benzene rings is 1. The topological polar surface area (TPSA) is 77.1 Å². The SMILES string of the molecule is [2H]C([2H])([2H])Oc1c(C)cnc(C[S@](=O)c2nc3ccc(OC)cc3[nH]2)c1C.[Na]. The number of rotatable bonds is 5. The van der Waals surface area contributed by atoms with Gasteiger partial charge in [0.2, 0.25) is 0 Å². The number of H-pyrrole nitrogens is 1. The Morgan fingerprint density at radius 2 is 2.12 bits per heavy atom. The second kappa shape index (κ2) is 8.31. The number of ether oxygens (including phenoxy) is 2. The summed E-state index contributed by atoms with van der Waals surface area (Å²) in [5.74, 6) is 0.998. The van der Waals surface area contributed by atoms with Gasteiger partial charge in [0.05, 0.1) is 51.5 Å². The Hall–Kier alpha value is -1.41. The van der Waals surface area contributed by atoms with Crippen molar-refractivity contribution in [2.24, 2.45) is 0 Å². The number of hydrogen-bond acceptors (Lipinski definition) is 5. The smallest absolute Gasteiger partial charge is 0.197 e. The number of methoxy groups -OCH3 is 2. The molecule has 1 aromatic carbocycles. The van der Waals surface area contributed by atoms with E-state index >= 15 is 0 Å². The van der Waals surface area contributed by atoms with Crippen LogP contribution in [0.15, 0.2) is 29.6 Å². The quantitative estimate of drug-likeness (QED) is 0.698. The number of nitrogens with zero attached hydrogens (tertiary/aromatic N) is 2. The molecule has 0 aliphatic rings. The molecule has 0 unspecified atom stereocenters. The first-order chi connectivity index (χ1) is 12.7. The molecule has 127 valence electrons. The summed E-state index contributed by atoms with van der Waals surface area (Å²) in [7, 11) is -2.48. The molecule has 0 aliphatic carbocycles. The molecule has 0 aliphatic heterocycles. The molecule has 25 heavy (non-hydrogen) atoms. The standard InChI is InChI=1S/C17H19N3O3S.Na/c1-10-8-18-15(11(2)16(10)23-4)9-24(21)17-19-13-6-5-12(22-3)7-14(13)20-17;/h5-8H,9H2,1-4H3,(H,19,20);/t24-;/m0./s1/i4D3;. The van der Waals surface area contributed by atoms with E-state index in [-0.39, 0.29) is 41.1 Å². The minimum absolute atomic E-state index is 0. The van der Waals surface area contributed by atoms with Crippen LogP contribution in [0.2, 0.25) is 0 Å². The molecule has 0 spiro atoms. The van der Waals surface area contributed by atoms with Gasteiger partial charge in [-0.3, -0.25) is 9.19 Å². The average molecular weight is 371 g/mol. The Morgan fingerprint density at radius 3 is 2.84 bits per heavy atom. The van der Waals surface area contributed by atoms with Crippen molar-refractivity contribution in [1.82, 2.24) is 15.0 Å². The molecule has 0 saturated heterocycles. The molecule has 1 atom stereocenters. The van der Waals surface area contributed by atoms with Gasteiger partial charge in [0.15, 0.2) is 5.16 Å². The van der Waals surface area contributed by atoms with Crippen LogP contribution in [-0.4, -0.2) is 62.9 Å². The van der Waals surface area contributed by atoms with E-state index in [1.165, 1.54) is 6.20 Å². The largest absolute Gasteiger partial charge is 0.497 e. The zero-order valence-electron chi connectivity index (χ0n) is 17.5. The van der Waals surface area contributed by atoms with Crippen molar-refractivity contribution in [2.75, 3.05) is 14.1 Å². The molecule has 0 fully saturated rings. The van der Waals surface area contributed by atoms with Crippen molar-refractivity contribution in [3.8, 4) is 11.5 Å². The number of nitrogens with one attached hydrogen (secondary N) is 1. The van der Waals surface area contributed by atoms with Gasteiger partial charge >= 0.3 is 0 Å². The Kier molecular flexibility index (Phi) is 5.26. The van der Waals surface area contributed by atoms with Crippen LogP contribution in [0.5, 0.6) is 11.5 Å². The number of aromatic amines is 1. The molecule has 0 amide bonds. The molecule has 3 aromatic rings. The summed E-state index contributed by atoms with van der Waals surface area (Å²) in [6.45, 7) is 3.42. The van der Waals surface area contributed by atoms with Gasteiger partial charge in [-0.2, -0.15) is 0 Å². The third-order valence-electron chi connectivity index (χ3n) is 3.80. The van der Waals surface area contributed by atoms with Gasteiger partial charge in [0.25, 0.3) is 0 Å². The molecular weight excluding hydrogens is 349 g/mol. The van der Waals surface area contributed by atoms with Crippen LogP contribution < -0.4 is 9.47 Å². The van der Waals surface area contributed by atoms with Gasteiger partial charge in [0, 0.05) is 52.9 Å². The van der Waals surface area contributed by atoms with E-state index in [4.69, 9.17) is 13.6 Å².